The van der Waals surface area contributed by atoms with Crippen LogP contribution in [-0.4, -0.2) is 37.5 Å². The Hall–Kier alpha value is -3.03. The van der Waals surface area contributed by atoms with Crippen LogP contribution in [0.5, 0.6) is 0 Å². The van der Waals surface area contributed by atoms with E-state index in [1.165, 1.54) is 4.68 Å². The van der Waals surface area contributed by atoms with E-state index in [2.05, 4.69) is 25.2 Å². The highest BCUT2D eigenvalue weighted by Crippen LogP contribution is 2.16. The molecule has 3 aromatic rings. The van der Waals surface area contributed by atoms with Gasteiger partial charge < -0.3 is 9.88 Å². The van der Waals surface area contributed by atoms with Crippen LogP contribution in [0, 0.1) is 0 Å². The van der Waals surface area contributed by atoms with E-state index in [4.69, 9.17) is 0 Å². The molecule has 1 N–H and O–H groups in total. The van der Waals surface area contributed by atoms with Crippen LogP contribution in [-0.2, 0) is 19.5 Å². The van der Waals surface area contributed by atoms with Gasteiger partial charge in [-0.1, -0.05) is 24.6 Å². The summed E-state index contributed by atoms with van der Waals surface area (Å²) < 4.78 is 3.39. The minimum absolute atomic E-state index is 0.195. The Morgan fingerprint density at radius 2 is 1.96 bits per heavy atom. The fourth-order valence-corrected chi connectivity index (χ4v) is 3.42. The summed E-state index contributed by atoms with van der Waals surface area (Å²) >= 11 is 0. The molecule has 1 amide bonds. The number of amides is 1. The number of carbonyl (C=O) groups is 1. The molecule has 0 saturated heterocycles. The molecule has 1 aromatic carbocycles. The van der Waals surface area contributed by atoms with Crippen molar-refractivity contribution in [2.45, 2.75) is 38.8 Å². The molecule has 8 nitrogen and oxygen atoms in total. The smallest absolute Gasteiger partial charge is 0.275 e. The monoisotopic (exact) mass is 352 g/mol. The number of hydrogen-bond acceptors (Lipinski definition) is 5. The van der Waals surface area contributed by atoms with E-state index < -0.39 is 0 Å². The maximum Gasteiger partial charge on any atom is 0.275 e. The van der Waals surface area contributed by atoms with Crippen LogP contribution in [0.25, 0.3) is 10.8 Å². The van der Waals surface area contributed by atoms with Gasteiger partial charge in [-0.25, -0.2) is 4.68 Å². The number of benzene rings is 1. The Labute approximate surface area is 149 Å². The molecule has 0 unspecified atom stereocenters. The van der Waals surface area contributed by atoms with Gasteiger partial charge >= 0.3 is 0 Å². The average molecular weight is 352 g/mol. The SMILES string of the molecule is CNC(=O)c1nn(Cc2nnc3n2CCCCC3)c(=O)c2ccccc12. The number of fused-ring (bicyclic) bond motifs is 2. The van der Waals surface area contributed by atoms with Crippen molar-refractivity contribution >= 4 is 16.7 Å². The number of nitrogens with one attached hydrogen (secondary N) is 1. The molecule has 0 spiro atoms. The number of hydrogen-bond donors (Lipinski definition) is 1. The van der Waals surface area contributed by atoms with Crippen LogP contribution in [0.3, 0.4) is 0 Å². The van der Waals surface area contributed by atoms with Crippen molar-refractivity contribution in [2.75, 3.05) is 7.05 Å². The van der Waals surface area contributed by atoms with Crippen molar-refractivity contribution in [2.24, 2.45) is 0 Å². The Morgan fingerprint density at radius 1 is 1.15 bits per heavy atom. The summed E-state index contributed by atoms with van der Waals surface area (Å²) in [7, 11) is 1.55. The third-order valence-corrected chi connectivity index (χ3v) is 4.79. The summed E-state index contributed by atoms with van der Waals surface area (Å²) in [5, 5.41) is 16.5. The molecule has 0 fully saturated rings. The lowest BCUT2D eigenvalue weighted by Gasteiger charge is -2.11. The van der Waals surface area contributed by atoms with Crippen molar-refractivity contribution in [1.82, 2.24) is 29.9 Å². The van der Waals surface area contributed by atoms with Crippen LogP contribution in [0.4, 0.5) is 0 Å². The van der Waals surface area contributed by atoms with Gasteiger partial charge in [0.05, 0.1) is 5.39 Å². The largest absolute Gasteiger partial charge is 0.354 e. The molecule has 4 rings (SSSR count). The molecule has 8 heteroatoms. The fourth-order valence-electron chi connectivity index (χ4n) is 3.42. The van der Waals surface area contributed by atoms with Gasteiger partial charge in [-0.2, -0.15) is 5.10 Å². The average Bonchev–Trinajstić information content (AvgIpc) is 2.89. The van der Waals surface area contributed by atoms with Crippen molar-refractivity contribution < 1.29 is 4.79 Å². The second-order valence-corrected chi connectivity index (χ2v) is 6.43. The number of rotatable bonds is 3. The van der Waals surface area contributed by atoms with Gasteiger partial charge in [0.1, 0.15) is 12.4 Å². The van der Waals surface area contributed by atoms with E-state index in [-0.39, 0.29) is 23.7 Å². The Morgan fingerprint density at radius 3 is 2.77 bits per heavy atom. The lowest BCUT2D eigenvalue weighted by atomic mass is 10.1. The number of nitrogens with zero attached hydrogens (tertiary/aromatic N) is 5. The number of aromatic nitrogens is 5. The maximum atomic E-state index is 12.9. The molecule has 26 heavy (non-hydrogen) atoms. The molecule has 134 valence electrons. The maximum absolute atomic E-state index is 12.9. The molecule has 0 radical (unpaired) electrons. The predicted octanol–water partition coefficient (Wildman–Crippen LogP) is 1.12. The molecule has 0 saturated carbocycles. The van der Waals surface area contributed by atoms with Crippen LogP contribution >= 0.6 is 0 Å². The second-order valence-electron chi connectivity index (χ2n) is 6.43. The molecule has 3 heterocycles. The van der Waals surface area contributed by atoms with Crippen molar-refractivity contribution in [3.05, 3.63) is 52.0 Å². The van der Waals surface area contributed by atoms with Gasteiger partial charge in [0, 0.05) is 25.4 Å². The molecule has 0 bridgehead atoms. The van der Waals surface area contributed by atoms with Gasteiger partial charge in [0.25, 0.3) is 11.5 Å². The summed E-state index contributed by atoms with van der Waals surface area (Å²) in [5.41, 5.74) is -0.00229. The molecule has 0 aliphatic carbocycles. The Kier molecular flexibility index (Phi) is 4.24. The first kappa shape index (κ1) is 16.4. The summed E-state index contributed by atoms with van der Waals surface area (Å²) in [6, 6.07) is 7.03. The zero-order chi connectivity index (χ0) is 18.1. The summed E-state index contributed by atoms with van der Waals surface area (Å²) in [4.78, 5) is 25.1. The number of aryl methyl sites for hydroxylation is 1. The predicted molar refractivity (Wildman–Crippen MR) is 96.1 cm³/mol. The van der Waals surface area contributed by atoms with Crippen molar-refractivity contribution in [3.8, 4) is 0 Å². The first-order chi connectivity index (χ1) is 12.7. The molecule has 1 aliphatic heterocycles. The van der Waals surface area contributed by atoms with Crippen molar-refractivity contribution in [1.29, 1.82) is 0 Å². The zero-order valence-electron chi connectivity index (χ0n) is 14.6. The lowest BCUT2D eigenvalue weighted by molar-refractivity contribution is 0.0957. The van der Waals surface area contributed by atoms with Gasteiger partial charge in [-0.3, -0.25) is 9.59 Å². The standard InChI is InChI=1S/C18H20N6O2/c1-19-17(25)16-12-7-4-5-8-13(12)18(26)24(22-16)11-15-21-20-14-9-3-2-6-10-23(14)15/h4-5,7-8H,2-3,6,9-11H2,1H3,(H,19,25). The molecular weight excluding hydrogens is 332 g/mol. The highest BCUT2D eigenvalue weighted by Gasteiger charge is 2.19. The highest BCUT2D eigenvalue weighted by molar-refractivity contribution is 6.04. The Balaban J connectivity index is 1.82. The summed E-state index contributed by atoms with van der Waals surface area (Å²) in [6.07, 6.45) is 4.24. The van der Waals surface area contributed by atoms with Crippen LogP contribution < -0.4 is 10.9 Å². The molecule has 1 aliphatic rings. The van der Waals surface area contributed by atoms with Gasteiger partial charge in [0.15, 0.2) is 11.5 Å². The van der Waals surface area contributed by atoms with E-state index in [0.717, 1.165) is 38.1 Å². The van der Waals surface area contributed by atoms with Gasteiger partial charge in [0.2, 0.25) is 0 Å². The van der Waals surface area contributed by atoms with E-state index in [1.54, 1.807) is 31.3 Å². The second kappa shape index (κ2) is 6.70. The molecule has 0 atom stereocenters. The third-order valence-electron chi connectivity index (χ3n) is 4.79. The summed E-state index contributed by atoms with van der Waals surface area (Å²) in [6.45, 7) is 1.04. The quantitative estimate of drug-likeness (QED) is 0.762. The third kappa shape index (κ3) is 2.77. The number of carbonyl (C=O) groups excluding carboxylic acids is 1. The first-order valence-electron chi connectivity index (χ1n) is 8.82. The van der Waals surface area contributed by atoms with Crippen LogP contribution in [0.2, 0.25) is 0 Å². The van der Waals surface area contributed by atoms with E-state index >= 15 is 0 Å². The van der Waals surface area contributed by atoms with Gasteiger partial charge in [-0.05, 0) is 18.9 Å². The molecule has 2 aromatic heterocycles. The van der Waals surface area contributed by atoms with E-state index in [9.17, 15) is 9.59 Å². The fraction of sp³-hybridized carbons (Fsp3) is 0.389. The van der Waals surface area contributed by atoms with E-state index in [1.807, 2.05) is 0 Å². The first-order valence-corrected chi connectivity index (χ1v) is 8.82. The lowest BCUT2D eigenvalue weighted by Crippen LogP contribution is -2.30. The molecular formula is C18H20N6O2. The summed E-state index contributed by atoms with van der Waals surface area (Å²) in [5.74, 6) is 1.34. The minimum Gasteiger partial charge on any atom is -0.354 e. The highest BCUT2D eigenvalue weighted by atomic mass is 16.2. The Bertz CT molecular complexity index is 1040. The van der Waals surface area contributed by atoms with E-state index in [0.29, 0.717) is 16.6 Å². The normalized spacial score (nSPS) is 14.0. The van der Waals surface area contributed by atoms with Crippen LogP contribution in [0.1, 0.15) is 41.4 Å². The van der Waals surface area contributed by atoms with Crippen molar-refractivity contribution in [3.63, 3.8) is 0 Å². The minimum atomic E-state index is -0.324. The topological polar surface area (TPSA) is 94.7 Å². The van der Waals surface area contributed by atoms with Crippen LogP contribution in [0.15, 0.2) is 29.1 Å². The van der Waals surface area contributed by atoms with Gasteiger partial charge in [-0.15, -0.1) is 10.2 Å². The zero-order valence-corrected chi connectivity index (χ0v) is 14.6.